The monoisotopic (exact) mass is 210 g/mol. The van der Waals surface area contributed by atoms with Crippen molar-refractivity contribution in [1.82, 2.24) is 9.55 Å². The second kappa shape index (κ2) is 4.79. The smallest absolute Gasteiger partial charge is 0.0949 e. The summed E-state index contributed by atoms with van der Waals surface area (Å²) in [5.74, 6) is 0.448. The van der Waals surface area contributed by atoms with Crippen molar-refractivity contribution in [3.05, 3.63) is 18.7 Å². The van der Waals surface area contributed by atoms with E-state index in [0.29, 0.717) is 11.3 Å². The van der Waals surface area contributed by atoms with E-state index >= 15 is 0 Å². The largest absolute Gasteiger partial charge is 0.394 e. The van der Waals surface area contributed by atoms with Gasteiger partial charge in [0.1, 0.15) is 0 Å². The van der Waals surface area contributed by atoms with Gasteiger partial charge in [0.05, 0.1) is 19.0 Å². The van der Waals surface area contributed by atoms with Crippen LogP contribution in [0.25, 0.3) is 0 Å². The second-order valence-electron chi connectivity index (χ2n) is 5.50. The van der Waals surface area contributed by atoms with Crippen LogP contribution in [-0.2, 0) is 0 Å². The predicted molar refractivity (Wildman–Crippen MR) is 61.6 cm³/mol. The Hall–Kier alpha value is -0.830. The molecule has 0 aliphatic carbocycles. The van der Waals surface area contributed by atoms with Gasteiger partial charge in [-0.05, 0) is 17.8 Å². The molecule has 1 heterocycles. The summed E-state index contributed by atoms with van der Waals surface area (Å²) in [6, 6.07) is 0.145. The Morgan fingerprint density at radius 2 is 2.07 bits per heavy atom. The summed E-state index contributed by atoms with van der Waals surface area (Å²) in [6.07, 6.45) is 6.54. The van der Waals surface area contributed by atoms with E-state index in [-0.39, 0.29) is 12.6 Å². The fraction of sp³-hybridized carbons (Fsp3) is 0.750. The van der Waals surface area contributed by atoms with Crippen LogP contribution in [0.3, 0.4) is 0 Å². The van der Waals surface area contributed by atoms with E-state index in [0.717, 1.165) is 6.42 Å². The minimum absolute atomic E-state index is 0.145. The Bertz CT molecular complexity index is 274. The number of aliphatic hydroxyl groups is 1. The fourth-order valence-electron chi connectivity index (χ4n) is 2.14. The summed E-state index contributed by atoms with van der Waals surface area (Å²) < 4.78 is 2.00. The summed E-state index contributed by atoms with van der Waals surface area (Å²) in [5, 5.41) is 9.42. The zero-order valence-corrected chi connectivity index (χ0v) is 10.1. The molecule has 3 nitrogen and oxygen atoms in total. The minimum Gasteiger partial charge on any atom is -0.394 e. The number of imidazole rings is 1. The summed E-state index contributed by atoms with van der Waals surface area (Å²) in [5.41, 5.74) is 0.299. The number of hydrogen-bond donors (Lipinski definition) is 1. The van der Waals surface area contributed by atoms with E-state index < -0.39 is 0 Å². The third-order valence-electron chi connectivity index (χ3n) is 2.69. The standard InChI is InChI=1S/C12H22N2O/c1-10(7-12(2,3)4)11(8-15)14-6-5-13-9-14/h5-6,9-11,15H,7-8H2,1-4H3. The molecule has 0 aliphatic rings. The van der Waals surface area contributed by atoms with Crippen LogP contribution in [0.4, 0.5) is 0 Å². The third kappa shape index (κ3) is 3.67. The van der Waals surface area contributed by atoms with Crippen LogP contribution in [0.15, 0.2) is 18.7 Å². The van der Waals surface area contributed by atoms with Gasteiger partial charge in [-0.2, -0.15) is 0 Å². The molecular formula is C12H22N2O. The molecular weight excluding hydrogens is 188 g/mol. The molecule has 0 bridgehead atoms. The van der Waals surface area contributed by atoms with E-state index in [1.165, 1.54) is 0 Å². The topological polar surface area (TPSA) is 38.0 Å². The molecule has 0 saturated carbocycles. The SMILES string of the molecule is CC(CC(C)(C)C)C(CO)n1ccnc1. The Labute approximate surface area is 92.1 Å². The lowest BCUT2D eigenvalue weighted by atomic mass is 9.82. The van der Waals surface area contributed by atoms with Crippen molar-refractivity contribution >= 4 is 0 Å². The van der Waals surface area contributed by atoms with Gasteiger partial charge in [0.2, 0.25) is 0 Å². The van der Waals surface area contributed by atoms with Crippen molar-refractivity contribution in [2.75, 3.05) is 6.61 Å². The maximum atomic E-state index is 9.42. The molecule has 86 valence electrons. The molecule has 1 aromatic heterocycles. The van der Waals surface area contributed by atoms with E-state index in [9.17, 15) is 5.11 Å². The van der Waals surface area contributed by atoms with E-state index in [2.05, 4.69) is 32.7 Å². The molecule has 0 saturated heterocycles. The molecule has 0 spiro atoms. The highest BCUT2D eigenvalue weighted by molar-refractivity contribution is 4.84. The van der Waals surface area contributed by atoms with Crippen molar-refractivity contribution < 1.29 is 5.11 Å². The van der Waals surface area contributed by atoms with Gasteiger partial charge in [-0.15, -0.1) is 0 Å². The normalized spacial score (nSPS) is 16.3. The highest BCUT2D eigenvalue weighted by Crippen LogP contribution is 2.30. The van der Waals surface area contributed by atoms with Crippen molar-refractivity contribution in [3.8, 4) is 0 Å². The second-order valence-corrected chi connectivity index (χ2v) is 5.50. The summed E-state index contributed by atoms with van der Waals surface area (Å²) >= 11 is 0. The summed E-state index contributed by atoms with van der Waals surface area (Å²) in [4.78, 5) is 4.02. The van der Waals surface area contributed by atoms with Gasteiger partial charge >= 0.3 is 0 Å². The van der Waals surface area contributed by atoms with Crippen molar-refractivity contribution in [2.24, 2.45) is 11.3 Å². The number of hydrogen-bond acceptors (Lipinski definition) is 2. The maximum Gasteiger partial charge on any atom is 0.0949 e. The molecule has 0 aliphatic heterocycles. The first-order valence-electron chi connectivity index (χ1n) is 5.52. The van der Waals surface area contributed by atoms with E-state index in [1.54, 1.807) is 12.5 Å². The Morgan fingerprint density at radius 1 is 1.40 bits per heavy atom. The zero-order valence-electron chi connectivity index (χ0n) is 10.1. The number of aliphatic hydroxyl groups excluding tert-OH is 1. The van der Waals surface area contributed by atoms with Gasteiger partial charge in [0.25, 0.3) is 0 Å². The summed E-state index contributed by atoms with van der Waals surface area (Å²) in [7, 11) is 0. The molecule has 0 fully saturated rings. The van der Waals surface area contributed by atoms with Crippen LogP contribution >= 0.6 is 0 Å². The van der Waals surface area contributed by atoms with Crippen LogP contribution in [-0.4, -0.2) is 21.3 Å². The lowest BCUT2D eigenvalue weighted by molar-refractivity contribution is 0.155. The highest BCUT2D eigenvalue weighted by atomic mass is 16.3. The molecule has 0 radical (unpaired) electrons. The van der Waals surface area contributed by atoms with Gasteiger partial charge < -0.3 is 9.67 Å². The third-order valence-corrected chi connectivity index (χ3v) is 2.69. The van der Waals surface area contributed by atoms with Gasteiger partial charge in [0, 0.05) is 12.4 Å². The van der Waals surface area contributed by atoms with Crippen LogP contribution in [0, 0.1) is 11.3 Å². The van der Waals surface area contributed by atoms with Gasteiger partial charge in [-0.3, -0.25) is 0 Å². The lowest BCUT2D eigenvalue weighted by Gasteiger charge is -2.29. The molecule has 3 heteroatoms. The van der Waals surface area contributed by atoms with Crippen LogP contribution < -0.4 is 0 Å². The molecule has 2 atom stereocenters. The van der Waals surface area contributed by atoms with E-state index in [4.69, 9.17) is 0 Å². The number of rotatable bonds is 4. The lowest BCUT2D eigenvalue weighted by Crippen LogP contribution is -2.24. The Morgan fingerprint density at radius 3 is 2.47 bits per heavy atom. The predicted octanol–water partition coefficient (Wildman–Crippen LogP) is 2.49. The number of nitrogens with zero attached hydrogens (tertiary/aromatic N) is 2. The Balaban J connectivity index is 2.67. The van der Waals surface area contributed by atoms with Crippen LogP contribution in [0.2, 0.25) is 0 Å². The highest BCUT2D eigenvalue weighted by Gasteiger charge is 2.23. The molecule has 1 rings (SSSR count). The van der Waals surface area contributed by atoms with Gasteiger partial charge in [0.15, 0.2) is 0 Å². The number of aromatic nitrogens is 2. The summed E-state index contributed by atoms with van der Waals surface area (Å²) in [6.45, 7) is 9.04. The fourth-order valence-corrected chi connectivity index (χ4v) is 2.14. The first kappa shape index (κ1) is 12.2. The van der Waals surface area contributed by atoms with Gasteiger partial charge in [-0.25, -0.2) is 4.98 Å². The molecule has 2 unspecified atom stereocenters. The quantitative estimate of drug-likeness (QED) is 0.829. The molecule has 1 aromatic rings. The molecule has 15 heavy (non-hydrogen) atoms. The van der Waals surface area contributed by atoms with Crippen LogP contribution in [0.1, 0.15) is 40.2 Å². The average molecular weight is 210 g/mol. The molecule has 0 aromatic carbocycles. The van der Waals surface area contributed by atoms with E-state index in [1.807, 2.05) is 10.8 Å². The molecule has 1 N–H and O–H groups in total. The van der Waals surface area contributed by atoms with Crippen molar-refractivity contribution in [2.45, 2.75) is 40.2 Å². The first-order valence-corrected chi connectivity index (χ1v) is 5.52. The maximum absolute atomic E-state index is 9.42. The van der Waals surface area contributed by atoms with Crippen molar-refractivity contribution in [1.29, 1.82) is 0 Å². The Kier molecular flexibility index (Phi) is 3.91. The zero-order chi connectivity index (χ0) is 11.5. The minimum atomic E-state index is 0.145. The van der Waals surface area contributed by atoms with Crippen molar-refractivity contribution in [3.63, 3.8) is 0 Å². The first-order chi connectivity index (χ1) is 6.94. The van der Waals surface area contributed by atoms with Gasteiger partial charge in [-0.1, -0.05) is 27.7 Å². The molecule has 0 amide bonds. The average Bonchev–Trinajstić information content (AvgIpc) is 2.54. The van der Waals surface area contributed by atoms with Crippen LogP contribution in [0.5, 0.6) is 0 Å².